The van der Waals surface area contributed by atoms with Crippen molar-refractivity contribution in [3.05, 3.63) is 46.0 Å². The summed E-state index contributed by atoms with van der Waals surface area (Å²) < 4.78 is 12.9. The number of hydrogen-bond acceptors (Lipinski definition) is 2. The van der Waals surface area contributed by atoms with Crippen molar-refractivity contribution < 1.29 is 4.39 Å². The lowest BCUT2D eigenvalue weighted by Gasteiger charge is -2.05. The Morgan fingerprint density at radius 1 is 1.44 bits per heavy atom. The van der Waals surface area contributed by atoms with Crippen LogP contribution in [0.2, 0.25) is 0 Å². The molecule has 16 heavy (non-hydrogen) atoms. The van der Waals surface area contributed by atoms with Crippen molar-refractivity contribution in [2.75, 3.05) is 0 Å². The van der Waals surface area contributed by atoms with Gasteiger partial charge >= 0.3 is 0 Å². The molecule has 0 saturated carbocycles. The minimum absolute atomic E-state index is 0.0704. The van der Waals surface area contributed by atoms with E-state index >= 15 is 0 Å². The third-order valence-corrected chi connectivity index (χ3v) is 2.43. The number of rotatable bonds is 2. The van der Waals surface area contributed by atoms with Crippen LogP contribution in [0.1, 0.15) is 12.5 Å². The fourth-order valence-corrected chi connectivity index (χ4v) is 1.72. The van der Waals surface area contributed by atoms with Gasteiger partial charge in [-0.05, 0) is 43.0 Å². The highest BCUT2D eigenvalue weighted by Crippen LogP contribution is 2.13. The fourth-order valence-electron chi connectivity index (χ4n) is 1.72. The van der Waals surface area contributed by atoms with E-state index in [1.54, 1.807) is 12.1 Å². The lowest BCUT2D eigenvalue weighted by molar-refractivity contribution is 0.629. The molecule has 1 unspecified atom stereocenters. The number of nitrogens with one attached hydrogen (secondary N) is 1. The molecule has 0 saturated heterocycles. The topological polar surface area (TPSA) is 58.9 Å². The molecule has 1 heterocycles. The van der Waals surface area contributed by atoms with Gasteiger partial charge in [-0.15, -0.1) is 0 Å². The molecule has 2 rings (SSSR count). The SMILES string of the molecule is CC(N)Cc1cc2ccc(F)cc2[nH]c1=O. The molecule has 0 fully saturated rings. The molecule has 0 aliphatic rings. The van der Waals surface area contributed by atoms with Crippen LogP contribution in [0, 0.1) is 5.82 Å². The molecular weight excluding hydrogens is 207 g/mol. The molecule has 4 heteroatoms. The van der Waals surface area contributed by atoms with Crippen molar-refractivity contribution >= 4 is 10.9 Å². The Balaban J connectivity index is 2.58. The molecule has 0 aliphatic heterocycles. The number of fused-ring (bicyclic) bond motifs is 1. The Morgan fingerprint density at radius 3 is 2.88 bits per heavy atom. The number of aromatic amines is 1. The van der Waals surface area contributed by atoms with Crippen LogP contribution in [0.3, 0.4) is 0 Å². The molecule has 0 amide bonds. The van der Waals surface area contributed by atoms with Crippen molar-refractivity contribution in [1.82, 2.24) is 4.98 Å². The summed E-state index contributed by atoms with van der Waals surface area (Å²) in [7, 11) is 0. The summed E-state index contributed by atoms with van der Waals surface area (Å²) in [5.41, 5.74) is 6.60. The van der Waals surface area contributed by atoms with Gasteiger partial charge in [0, 0.05) is 11.6 Å². The maximum absolute atomic E-state index is 12.9. The van der Waals surface area contributed by atoms with E-state index < -0.39 is 0 Å². The molecule has 0 bridgehead atoms. The molecule has 1 aromatic heterocycles. The monoisotopic (exact) mass is 220 g/mol. The zero-order valence-electron chi connectivity index (χ0n) is 8.96. The Labute approximate surface area is 92.1 Å². The van der Waals surface area contributed by atoms with E-state index in [0.717, 1.165) is 5.39 Å². The summed E-state index contributed by atoms with van der Waals surface area (Å²) in [5.74, 6) is -0.358. The average molecular weight is 220 g/mol. The number of nitrogens with two attached hydrogens (primary N) is 1. The molecule has 0 spiro atoms. The summed E-state index contributed by atoms with van der Waals surface area (Å²) >= 11 is 0. The van der Waals surface area contributed by atoms with E-state index in [-0.39, 0.29) is 17.4 Å². The van der Waals surface area contributed by atoms with Crippen molar-refractivity contribution in [2.24, 2.45) is 5.73 Å². The number of H-pyrrole nitrogens is 1. The predicted octanol–water partition coefficient (Wildman–Crippen LogP) is 1.56. The van der Waals surface area contributed by atoms with Crippen molar-refractivity contribution in [2.45, 2.75) is 19.4 Å². The maximum atomic E-state index is 12.9. The van der Waals surface area contributed by atoms with Gasteiger partial charge in [-0.2, -0.15) is 0 Å². The third kappa shape index (κ3) is 2.12. The number of benzene rings is 1. The molecule has 1 atom stereocenters. The van der Waals surface area contributed by atoms with Gasteiger partial charge in [0.05, 0.1) is 5.52 Å². The summed E-state index contributed by atoms with van der Waals surface area (Å²) in [6, 6.07) is 6.02. The first-order valence-electron chi connectivity index (χ1n) is 5.13. The highest BCUT2D eigenvalue weighted by Gasteiger charge is 2.05. The minimum Gasteiger partial charge on any atom is -0.328 e. The summed E-state index contributed by atoms with van der Waals surface area (Å²) in [6.07, 6.45) is 0.517. The zero-order valence-corrected chi connectivity index (χ0v) is 8.96. The Kier molecular flexibility index (Phi) is 2.75. The van der Waals surface area contributed by atoms with Crippen LogP contribution in [0.25, 0.3) is 10.9 Å². The minimum atomic E-state index is -0.358. The van der Waals surface area contributed by atoms with Gasteiger partial charge in [0.2, 0.25) is 0 Å². The highest BCUT2D eigenvalue weighted by atomic mass is 19.1. The second-order valence-corrected chi connectivity index (χ2v) is 4.04. The third-order valence-electron chi connectivity index (χ3n) is 2.43. The lowest BCUT2D eigenvalue weighted by atomic mass is 10.1. The Hall–Kier alpha value is -1.68. The normalized spacial score (nSPS) is 12.9. The largest absolute Gasteiger partial charge is 0.328 e. The first-order valence-corrected chi connectivity index (χ1v) is 5.13. The summed E-state index contributed by atoms with van der Waals surface area (Å²) in [5, 5.41) is 0.816. The molecule has 0 aliphatic carbocycles. The van der Waals surface area contributed by atoms with Crippen LogP contribution in [0.4, 0.5) is 4.39 Å². The van der Waals surface area contributed by atoms with E-state index in [0.29, 0.717) is 17.5 Å². The second kappa shape index (κ2) is 4.06. The van der Waals surface area contributed by atoms with E-state index in [4.69, 9.17) is 5.73 Å². The van der Waals surface area contributed by atoms with Crippen LogP contribution in [-0.4, -0.2) is 11.0 Å². The van der Waals surface area contributed by atoms with E-state index in [1.807, 2.05) is 6.92 Å². The van der Waals surface area contributed by atoms with Gasteiger partial charge in [0.15, 0.2) is 0 Å². The smallest absolute Gasteiger partial charge is 0.251 e. The number of hydrogen-bond donors (Lipinski definition) is 2. The molecule has 3 nitrogen and oxygen atoms in total. The fraction of sp³-hybridized carbons (Fsp3) is 0.250. The van der Waals surface area contributed by atoms with Gasteiger partial charge in [-0.3, -0.25) is 4.79 Å². The van der Waals surface area contributed by atoms with Crippen LogP contribution >= 0.6 is 0 Å². The molecule has 2 aromatic rings. The van der Waals surface area contributed by atoms with Gasteiger partial charge in [-0.1, -0.05) is 0 Å². The quantitative estimate of drug-likeness (QED) is 0.806. The standard InChI is InChI=1S/C12H13FN2O/c1-7(14)4-9-5-8-2-3-10(13)6-11(8)15-12(9)16/h2-3,5-7H,4,14H2,1H3,(H,15,16). The van der Waals surface area contributed by atoms with E-state index in [2.05, 4.69) is 4.98 Å². The van der Waals surface area contributed by atoms with E-state index in [9.17, 15) is 9.18 Å². The lowest BCUT2D eigenvalue weighted by Crippen LogP contribution is -2.23. The molecule has 1 aromatic carbocycles. The van der Waals surface area contributed by atoms with Crippen LogP contribution in [0.5, 0.6) is 0 Å². The van der Waals surface area contributed by atoms with Crippen LogP contribution in [0.15, 0.2) is 29.1 Å². The van der Waals surface area contributed by atoms with Gasteiger partial charge in [0.1, 0.15) is 5.82 Å². The van der Waals surface area contributed by atoms with Crippen molar-refractivity contribution in [1.29, 1.82) is 0 Å². The zero-order chi connectivity index (χ0) is 11.7. The average Bonchev–Trinajstić information content (AvgIpc) is 2.19. The summed E-state index contributed by atoms with van der Waals surface area (Å²) in [6.45, 7) is 1.84. The van der Waals surface area contributed by atoms with Crippen molar-refractivity contribution in [3.63, 3.8) is 0 Å². The van der Waals surface area contributed by atoms with Gasteiger partial charge in [-0.25, -0.2) is 4.39 Å². The highest BCUT2D eigenvalue weighted by molar-refractivity contribution is 5.78. The number of pyridine rings is 1. The number of aromatic nitrogens is 1. The number of halogens is 1. The van der Waals surface area contributed by atoms with Gasteiger partial charge < -0.3 is 10.7 Å². The second-order valence-electron chi connectivity index (χ2n) is 4.04. The molecule has 84 valence electrons. The first kappa shape index (κ1) is 10.8. The first-order chi connectivity index (χ1) is 7.56. The van der Waals surface area contributed by atoms with Crippen molar-refractivity contribution in [3.8, 4) is 0 Å². The Bertz CT molecular complexity index is 575. The molecular formula is C12H13FN2O. The van der Waals surface area contributed by atoms with Crippen LogP contribution in [-0.2, 0) is 6.42 Å². The Morgan fingerprint density at radius 2 is 2.19 bits per heavy atom. The molecule has 0 radical (unpaired) electrons. The maximum Gasteiger partial charge on any atom is 0.251 e. The van der Waals surface area contributed by atoms with E-state index in [1.165, 1.54) is 12.1 Å². The van der Waals surface area contributed by atoms with Gasteiger partial charge in [0.25, 0.3) is 5.56 Å². The molecule has 3 N–H and O–H groups in total. The summed E-state index contributed by atoms with van der Waals surface area (Å²) in [4.78, 5) is 14.3. The van der Waals surface area contributed by atoms with Crippen LogP contribution < -0.4 is 11.3 Å². The predicted molar refractivity (Wildman–Crippen MR) is 61.9 cm³/mol.